The fraction of sp³-hybridized carbons (Fsp3) is 0.471. The van der Waals surface area contributed by atoms with Gasteiger partial charge in [0.05, 0.1) is 12.6 Å². The average molecular weight is 334 g/mol. The van der Waals surface area contributed by atoms with Crippen LogP contribution in [0.25, 0.3) is 0 Å². The van der Waals surface area contributed by atoms with E-state index in [0.29, 0.717) is 24.2 Å². The van der Waals surface area contributed by atoms with Gasteiger partial charge in [0, 0.05) is 24.2 Å². The molecule has 0 aliphatic carbocycles. The summed E-state index contributed by atoms with van der Waals surface area (Å²) in [6.07, 6.45) is -0.569. The Morgan fingerprint density at radius 1 is 1.29 bits per heavy atom. The molecule has 0 saturated carbocycles. The molecule has 2 N–H and O–H groups in total. The highest BCUT2D eigenvalue weighted by molar-refractivity contribution is 5.99. The van der Waals surface area contributed by atoms with Crippen molar-refractivity contribution in [2.75, 3.05) is 19.6 Å². The number of ether oxygens (including phenoxy) is 1. The Morgan fingerprint density at radius 2 is 2.00 bits per heavy atom. The van der Waals surface area contributed by atoms with Gasteiger partial charge in [-0.15, -0.1) is 0 Å². The number of rotatable bonds is 5. The second kappa shape index (κ2) is 7.92. The minimum Gasteiger partial charge on any atom is -0.479 e. The number of nitrogens with zero attached hydrogens (tertiary/aromatic N) is 1. The molecule has 7 nitrogen and oxygen atoms in total. The van der Waals surface area contributed by atoms with E-state index in [2.05, 4.69) is 5.32 Å². The number of hydrogen-bond donors (Lipinski definition) is 2. The van der Waals surface area contributed by atoms with Crippen molar-refractivity contribution in [1.82, 2.24) is 10.2 Å². The third kappa shape index (κ3) is 4.32. The highest BCUT2D eigenvalue weighted by atomic mass is 16.5. The molecule has 0 aromatic heterocycles. The van der Waals surface area contributed by atoms with Crippen LogP contribution in [-0.2, 0) is 9.53 Å². The van der Waals surface area contributed by atoms with Crippen molar-refractivity contribution >= 4 is 17.8 Å². The third-order valence-electron chi connectivity index (χ3n) is 3.73. The zero-order valence-electron chi connectivity index (χ0n) is 13.8. The molecular formula is C17H22N2O5. The Hall–Kier alpha value is -2.41. The van der Waals surface area contributed by atoms with Crippen molar-refractivity contribution < 1.29 is 24.2 Å². The summed E-state index contributed by atoms with van der Waals surface area (Å²) in [7, 11) is 0. The lowest BCUT2D eigenvalue weighted by Gasteiger charge is -2.35. The van der Waals surface area contributed by atoms with E-state index in [-0.39, 0.29) is 24.5 Å². The van der Waals surface area contributed by atoms with Gasteiger partial charge >= 0.3 is 5.97 Å². The maximum absolute atomic E-state index is 12.6. The number of nitrogens with one attached hydrogen (secondary N) is 1. The second-order valence-electron chi connectivity index (χ2n) is 5.82. The van der Waals surface area contributed by atoms with E-state index < -0.39 is 12.1 Å². The van der Waals surface area contributed by atoms with Gasteiger partial charge in [-0.25, -0.2) is 4.79 Å². The SMILES string of the molecule is CCCNC(=O)c1cccc(C(=O)N2CC(C(=O)O)O[C@H](C)C2)c1. The lowest BCUT2D eigenvalue weighted by Crippen LogP contribution is -2.51. The zero-order chi connectivity index (χ0) is 17.7. The number of carbonyl (C=O) groups is 3. The van der Waals surface area contributed by atoms with E-state index in [4.69, 9.17) is 9.84 Å². The molecule has 1 saturated heterocycles. The Balaban J connectivity index is 2.14. The van der Waals surface area contributed by atoms with E-state index >= 15 is 0 Å². The summed E-state index contributed by atoms with van der Waals surface area (Å²) >= 11 is 0. The molecule has 1 heterocycles. The first-order valence-electron chi connectivity index (χ1n) is 7.98. The molecule has 1 aromatic rings. The lowest BCUT2D eigenvalue weighted by atomic mass is 10.1. The van der Waals surface area contributed by atoms with Crippen LogP contribution in [0.1, 0.15) is 41.0 Å². The molecule has 130 valence electrons. The van der Waals surface area contributed by atoms with Crippen LogP contribution in [0.5, 0.6) is 0 Å². The van der Waals surface area contributed by atoms with Crippen LogP contribution in [0.3, 0.4) is 0 Å². The van der Waals surface area contributed by atoms with Gasteiger partial charge in [0.2, 0.25) is 0 Å². The normalized spacial score (nSPS) is 20.5. The molecule has 1 aliphatic rings. The number of aliphatic carboxylic acids is 1. The minimum absolute atomic E-state index is 0.00916. The van der Waals surface area contributed by atoms with Crippen molar-refractivity contribution in [3.8, 4) is 0 Å². The largest absolute Gasteiger partial charge is 0.479 e. The first-order chi connectivity index (χ1) is 11.4. The van der Waals surface area contributed by atoms with E-state index in [1.807, 2.05) is 6.92 Å². The van der Waals surface area contributed by atoms with Crippen LogP contribution in [-0.4, -0.2) is 59.6 Å². The molecule has 0 spiro atoms. The summed E-state index contributed by atoms with van der Waals surface area (Å²) in [6, 6.07) is 6.44. The fourth-order valence-electron chi connectivity index (χ4n) is 2.57. The number of morpholine rings is 1. The molecule has 1 aliphatic heterocycles. The van der Waals surface area contributed by atoms with Crippen molar-refractivity contribution in [2.24, 2.45) is 0 Å². The summed E-state index contributed by atoms with van der Waals surface area (Å²) in [6.45, 7) is 4.56. The van der Waals surface area contributed by atoms with Gasteiger partial charge in [0.15, 0.2) is 6.10 Å². The highest BCUT2D eigenvalue weighted by Crippen LogP contribution is 2.16. The first-order valence-corrected chi connectivity index (χ1v) is 7.98. The molecule has 7 heteroatoms. The number of hydrogen-bond acceptors (Lipinski definition) is 4. The first kappa shape index (κ1) is 17.9. The minimum atomic E-state index is -1.09. The van der Waals surface area contributed by atoms with Crippen molar-refractivity contribution in [3.05, 3.63) is 35.4 Å². The maximum Gasteiger partial charge on any atom is 0.334 e. The summed E-state index contributed by atoms with van der Waals surface area (Å²) in [5, 5.41) is 11.9. The Labute approximate surface area is 140 Å². The number of benzene rings is 1. The van der Waals surface area contributed by atoms with Crippen LogP contribution >= 0.6 is 0 Å². The van der Waals surface area contributed by atoms with Crippen LogP contribution in [0.2, 0.25) is 0 Å². The van der Waals surface area contributed by atoms with Crippen LogP contribution < -0.4 is 5.32 Å². The quantitative estimate of drug-likeness (QED) is 0.842. The average Bonchev–Trinajstić information content (AvgIpc) is 2.58. The summed E-state index contributed by atoms with van der Waals surface area (Å²) in [4.78, 5) is 37.2. The Kier molecular flexibility index (Phi) is 5.92. The fourth-order valence-corrected chi connectivity index (χ4v) is 2.57. The Bertz CT molecular complexity index is 631. The smallest absolute Gasteiger partial charge is 0.334 e. The molecule has 0 bridgehead atoms. The molecule has 24 heavy (non-hydrogen) atoms. The summed E-state index contributed by atoms with van der Waals surface area (Å²) in [5.41, 5.74) is 0.766. The molecule has 2 amide bonds. The van der Waals surface area contributed by atoms with Crippen molar-refractivity contribution in [2.45, 2.75) is 32.5 Å². The number of amides is 2. The van der Waals surface area contributed by atoms with E-state index in [1.165, 1.54) is 11.0 Å². The number of carboxylic acids is 1. The topological polar surface area (TPSA) is 95.9 Å². The zero-order valence-corrected chi connectivity index (χ0v) is 13.8. The molecular weight excluding hydrogens is 312 g/mol. The molecule has 2 rings (SSSR count). The van der Waals surface area contributed by atoms with Gasteiger partial charge < -0.3 is 20.1 Å². The van der Waals surface area contributed by atoms with Gasteiger partial charge in [-0.1, -0.05) is 13.0 Å². The van der Waals surface area contributed by atoms with Gasteiger partial charge in [-0.3, -0.25) is 9.59 Å². The van der Waals surface area contributed by atoms with E-state index in [1.54, 1.807) is 25.1 Å². The van der Waals surface area contributed by atoms with Crippen molar-refractivity contribution in [1.29, 1.82) is 0 Å². The molecule has 1 fully saturated rings. The van der Waals surface area contributed by atoms with Crippen LogP contribution in [0.15, 0.2) is 24.3 Å². The monoisotopic (exact) mass is 334 g/mol. The van der Waals surface area contributed by atoms with Crippen LogP contribution in [0, 0.1) is 0 Å². The number of carbonyl (C=O) groups excluding carboxylic acids is 2. The summed E-state index contributed by atoms with van der Waals surface area (Å²) < 4.78 is 5.31. The molecule has 1 aromatic carbocycles. The van der Waals surface area contributed by atoms with Crippen molar-refractivity contribution in [3.63, 3.8) is 0 Å². The van der Waals surface area contributed by atoms with Crippen LogP contribution in [0.4, 0.5) is 0 Å². The second-order valence-corrected chi connectivity index (χ2v) is 5.82. The van der Waals surface area contributed by atoms with Gasteiger partial charge in [0.1, 0.15) is 0 Å². The van der Waals surface area contributed by atoms with E-state index in [9.17, 15) is 14.4 Å². The predicted octanol–water partition coefficient (Wildman–Crippen LogP) is 1.14. The standard InChI is InChI=1S/C17H22N2O5/c1-3-7-18-15(20)12-5-4-6-13(8-12)16(21)19-9-11(2)24-14(10-19)17(22)23/h4-6,8,11,14H,3,7,9-10H2,1-2H3,(H,18,20)(H,22,23)/t11-,14?/m1/s1. The molecule has 0 radical (unpaired) electrons. The van der Waals surface area contributed by atoms with E-state index in [0.717, 1.165) is 6.42 Å². The summed E-state index contributed by atoms with van der Waals surface area (Å²) in [5.74, 6) is -1.63. The third-order valence-corrected chi connectivity index (χ3v) is 3.73. The maximum atomic E-state index is 12.6. The number of carboxylic acid groups (broad SMARTS) is 1. The van der Waals surface area contributed by atoms with Gasteiger partial charge in [-0.05, 0) is 31.5 Å². The van der Waals surface area contributed by atoms with Gasteiger partial charge in [0.25, 0.3) is 11.8 Å². The van der Waals surface area contributed by atoms with Gasteiger partial charge in [-0.2, -0.15) is 0 Å². The highest BCUT2D eigenvalue weighted by Gasteiger charge is 2.33. The lowest BCUT2D eigenvalue weighted by molar-refractivity contribution is -0.160. The predicted molar refractivity (Wildman–Crippen MR) is 86.9 cm³/mol. The molecule has 1 unspecified atom stereocenters. The molecule has 2 atom stereocenters. The Morgan fingerprint density at radius 3 is 2.67 bits per heavy atom.